The minimum atomic E-state index is 0.0491. The first-order valence-electron chi connectivity index (χ1n) is 15.4. The number of hydrogen-bond acceptors (Lipinski definition) is 7. The molecule has 9 heteroatoms. The summed E-state index contributed by atoms with van der Waals surface area (Å²) in [6.45, 7) is 6.98. The third-order valence-electron chi connectivity index (χ3n) is 8.03. The Morgan fingerprint density at radius 2 is 1.49 bits per heavy atom. The standard InChI is InChI=1S/C36H37N8O/c1-4-42(5-2)31-18-20-33-35(25-31)44(30-10-7-6-8-11-30)34-24-28(15-19-32(34)38-33)40-39-27-13-16-29(17-14-27)41(3)22-9-12-36(45)43-23-21-37-26-43/h6-8,10-11,13-21,23-26H,4-5,9,12,22H2,1-3H3/q+1. The van der Waals surface area contributed by atoms with Crippen molar-refractivity contribution in [3.05, 3.63) is 110 Å². The molecular weight excluding hydrogens is 560 g/mol. The van der Waals surface area contributed by atoms with E-state index in [4.69, 9.17) is 4.98 Å². The van der Waals surface area contributed by atoms with Crippen molar-refractivity contribution >= 4 is 50.7 Å². The van der Waals surface area contributed by atoms with Crippen molar-refractivity contribution in [1.82, 2.24) is 14.5 Å². The predicted octanol–water partition coefficient (Wildman–Crippen LogP) is 7.68. The van der Waals surface area contributed by atoms with Gasteiger partial charge in [-0.15, -0.1) is 4.57 Å². The lowest BCUT2D eigenvalue weighted by atomic mass is 10.1. The Balaban J connectivity index is 1.24. The van der Waals surface area contributed by atoms with E-state index in [-0.39, 0.29) is 5.91 Å². The maximum Gasteiger partial charge on any atom is 0.239 e. The highest BCUT2D eigenvalue weighted by molar-refractivity contribution is 5.85. The van der Waals surface area contributed by atoms with E-state index in [2.05, 4.69) is 92.0 Å². The van der Waals surface area contributed by atoms with Gasteiger partial charge in [-0.25, -0.2) is 9.97 Å². The Hall–Kier alpha value is -5.44. The van der Waals surface area contributed by atoms with Crippen LogP contribution in [-0.2, 0) is 0 Å². The topological polar surface area (TPSA) is 82.9 Å². The fourth-order valence-corrected chi connectivity index (χ4v) is 5.55. The van der Waals surface area contributed by atoms with E-state index >= 15 is 0 Å². The van der Waals surface area contributed by atoms with Gasteiger partial charge >= 0.3 is 0 Å². The molecule has 0 atom stereocenters. The molecular formula is C36H37N8O+. The summed E-state index contributed by atoms with van der Waals surface area (Å²) in [6, 6.07) is 30.9. The summed E-state index contributed by atoms with van der Waals surface area (Å²) >= 11 is 0. The summed E-state index contributed by atoms with van der Waals surface area (Å²) in [5.74, 6) is 0.0491. The average Bonchev–Trinajstić information content (AvgIpc) is 3.63. The molecule has 2 aromatic heterocycles. The number of carbonyl (C=O) groups excluding carboxylic acids is 1. The van der Waals surface area contributed by atoms with Crippen LogP contribution in [0.15, 0.2) is 120 Å². The number of para-hydroxylation sites is 1. The number of azo groups is 1. The molecule has 2 heterocycles. The van der Waals surface area contributed by atoms with Crippen LogP contribution in [0, 0.1) is 0 Å². The summed E-state index contributed by atoms with van der Waals surface area (Å²) < 4.78 is 3.79. The van der Waals surface area contributed by atoms with E-state index in [0.717, 1.165) is 70.9 Å². The van der Waals surface area contributed by atoms with Gasteiger partial charge in [-0.3, -0.25) is 9.36 Å². The normalized spacial score (nSPS) is 11.4. The molecule has 6 rings (SSSR count). The van der Waals surface area contributed by atoms with E-state index < -0.39 is 0 Å². The van der Waals surface area contributed by atoms with Gasteiger partial charge in [0.05, 0.1) is 11.4 Å². The van der Waals surface area contributed by atoms with Gasteiger partial charge in [0.25, 0.3) is 0 Å². The summed E-state index contributed by atoms with van der Waals surface area (Å²) in [5, 5.41) is 9.14. The molecule has 0 unspecified atom stereocenters. The minimum Gasteiger partial charge on any atom is -0.375 e. The lowest BCUT2D eigenvalue weighted by Gasteiger charge is -2.20. The maximum absolute atomic E-state index is 12.2. The first kappa shape index (κ1) is 29.6. The highest BCUT2D eigenvalue weighted by Crippen LogP contribution is 2.27. The van der Waals surface area contributed by atoms with E-state index in [1.54, 1.807) is 18.7 Å². The molecule has 0 saturated carbocycles. The summed E-state index contributed by atoms with van der Waals surface area (Å²) in [6.07, 6.45) is 6.05. The van der Waals surface area contributed by atoms with Crippen LogP contribution in [0.25, 0.3) is 27.8 Å². The molecule has 45 heavy (non-hydrogen) atoms. The fraction of sp³-hybridized carbons (Fsp3) is 0.222. The first-order valence-corrected chi connectivity index (χ1v) is 15.4. The van der Waals surface area contributed by atoms with Crippen LogP contribution in [0.3, 0.4) is 0 Å². The van der Waals surface area contributed by atoms with Gasteiger partial charge in [-0.1, -0.05) is 18.2 Å². The highest BCUT2D eigenvalue weighted by Gasteiger charge is 2.21. The van der Waals surface area contributed by atoms with Crippen LogP contribution in [0.5, 0.6) is 0 Å². The number of imidazole rings is 1. The van der Waals surface area contributed by atoms with Crippen molar-refractivity contribution in [3.63, 3.8) is 0 Å². The molecule has 0 spiro atoms. The van der Waals surface area contributed by atoms with Crippen molar-refractivity contribution in [2.24, 2.45) is 10.2 Å². The molecule has 6 aromatic rings. The summed E-state index contributed by atoms with van der Waals surface area (Å²) in [5.41, 5.74) is 8.63. The van der Waals surface area contributed by atoms with Crippen LogP contribution >= 0.6 is 0 Å². The molecule has 0 aliphatic carbocycles. The van der Waals surface area contributed by atoms with Crippen molar-refractivity contribution in [2.75, 3.05) is 36.5 Å². The van der Waals surface area contributed by atoms with E-state index in [1.807, 2.05) is 49.5 Å². The molecule has 226 valence electrons. The maximum atomic E-state index is 12.2. The first-order chi connectivity index (χ1) is 22.0. The van der Waals surface area contributed by atoms with Crippen LogP contribution < -0.4 is 14.4 Å². The molecule has 4 aromatic carbocycles. The lowest BCUT2D eigenvalue weighted by Crippen LogP contribution is -2.33. The molecule has 0 bridgehead atoms. The highest BCUT2D eigenvalue weighted by atomic mass is 16.2. The van der Waals surface area contributed by atoms with Gasteiger partial charge in [0.2, 0.25) is 22.6 Å². The average molecular weight is 598 g/mol. The summed E-state index contributed by atoms with van der Waals surface area (Å²) in [7, 11) is 2.03. The fourth-order valence-electron chi connectivity index (χ4n) is 5.55. The third kappa shape index (κ3) is 6.57. The number of aromatic nitrogens is 4. The predicted molar refractivity (Wildman–Crippen MR) is 180 cm³/mol. The van der Waals surface area contributed by atoms with Gasteiger partial charge in [0, 0.05) is 81.1 Å². The molecule has 0 radical (unpaired) electrons. The van der Waals surface area contributed by atoms with Crippen LogP contribution in [0.1, 0.15) is 31.5 Å². The molecule has 9 nitrogen and oxygen atoms in total. The molecule has 0 fully saturated rings. The Morgan fingerprint density at radius 3 is 2.20 bits per heavy atom. The second kappa shape index (κ2) is 13.5. The Morgan fingerprint density at radius 1 is 0.822 bits per heavy atom. The number of benzene rings is 4. The Labute approximate surface area is 263 Å². The minimum absolute atomic E-state index is 0.0491. The van der Waals surface area contributed by atoms with Gasteiger partial charge < -0.3 is 9.80 Å². The molecule has 0 aliphatic rings. The largest absolute Gasteiger partial charge is 0.375 e. The number of nitrogens with zero attached hydrogens (tertiary/aromatic N) is 8. The van der Waals surface area contributed by atoms with Gasteiger partial charge in [0.1, 0.15) is 17.4 Å². The van der Waals surface area contributed by atoms with Crippen LogP contribution in [0.4, 0.5) is 22.7 Å². The molecule has 0 N–H and O–H groups in total. The number of anilines is 2. The zero-order valence-electron chi connectivity index (χ0n) is 25.9. The van der Waals surface area contributed by atoms with Gasteiger partial charge in [0.15, 0.2) is 0 Å². The van der Waals surface area contributed by atoms with Crippen molar-refractivity contribution in [1.29, 1.82) is 0 Å². The van der Waals surface area contributed by atoms with Crippen molar-refractivity contribution in [3.8, 4) is 5.69 Å². The second-order valence-electron chi connectivity index (χ2n) is 10.9. The van der Waals surface area contributed by atoms with E-state index in [1.165, 1.54) is 10.3 Å². The Kier molecular flexibility index (Phi) is 8.86. The molecule has 0 amide bonds. The molecule has 0 saturated heterocycles. The number of fused-ring (bicyclic) bond motifs is 2. The number of rotatable bonds is 11. The SMILES string of the molecule is CCN(CC)c1ccc2nc3ccc(N=Nc4ccc(N(C)CCCC(=O)n5ccnc5)cc4)cc3[n+](-c3ccccc3)c2c1. The summed E-state index contributed by atoms with van der Waals surface area (Å²) in [4.78, 5) is 25.6. The zero-order valence-corrected chi connectivity index (χ0v) is 25.9. The smallest absolute Gasteiger partial charge is 0.239 e. The monoisotopic (exact) mass is 597 g/mol. The van der Waals surface area contributed by atoms with Crippen molar-refractivity contribution < 1.29 is 9.36 Å². The van der Waals surface area contributed by atoms with E-state index in [0.29, 0.717) is 6.42 Å². The van der Waals surface area contributed by atoms with Crippen molar-refractivity contribution in [2.45, 2.75) is 26.7 Å². The number of carbonyl (C=O) groups is 1. The van der Waals surface area contributed by atoms with E-state index in [9.17, 15) is 4.79 Å². The second-order valence-corrected chi connectivity index (χ2v) is 10.9. The van der Waals surface area contributed by atoms with Crippen LogP contribution in [-0.4, -0.2) is 47.1 Å². The van der Waals surface area contributed by atoms with Gasteiger partial charge in [-0.2, -0.15) is 10.2 Å². The van der Waals surface area contributed by atoms with Gasteiger partial charge in [-0.05, 0) is 68.8 Å². The third-order valence-corrected chi connectivity index (χ3v) is 8.03. The zero-order chi connectivity index (χ0) is 31.2. The number of hydrogen-bond donors (Lipinski definition) is 0. The van der Waals surface area contributed by atoms with Crippen LogP contribution in [0.2, 0.25) is 0 Å². The molecule has 0 aliphatic heterocycles. The quantitative estimate of drug-likeness (QED) is 0.0869. The Bertz CT molecular complexity index is 1930. The lowest BCUT2D eigenvalue weighted by molar-refractivity contribution is -0.538.